The van der Waals surface area contributed by atoms with E-state index in [1.807, 2.05) is 0 Å². The Kier molecular flexibility index (Phi) is 6.02. The SMILES string of the molecule is NC(=O)CCCNC(=O)NCc1ccc(C(=O)O)cc1. The molecule has 108 valence electrons. The van der Waals surface area contributed by atoms with Gasteiger partial charge in [-0.1, -0.05) is 12.1 Å². The summed E-state index contributed by atoms with van der Waals surface area (Å²) in [6, 6.07) is 5.87. The van der Waals surface area contributed by atoms with Crippen LogP contribution in [0.5, 0.6) is 0 Å². The molecule has 0 heterocycles. The predicted octanol–water partition coefficient (Wildman–Crippen LogP) is 0.449. The largest absolute Gasteiger partial charge is 0.478 e. The van der Waals surface area contributed by atoms with E-state index >= 15 is 0 Å². The number of primary amides is 1. The van der Waals surface area contributed by atoms with Gasteiger partial charge in [0.1, 0.15) is 0 Å². The van der Waals surface area contributed by atoms with E-state index in [-0.39, 0.29) is 18.0 Å². The monoisotopic (exact) mass is 279 g/mol. The van der Waals surface area contributed by atoms with E-state index < -0.39 is 11.9 Å². The minimum Gasteiger partial charge on any atom is -0.478 e. The molecule has 7 heteroatoms. The van der Waals surface area contributed by atoms with Gasteiger partial charge in [0.25, 0.3) is 0 Å². The number of benzene rings is 1. The van der Waals surface area contributed by atoms with Crippen LogP contribution < -0.4 is 16.4 Å². The normalized spacial score (nSPS) is 9.80. The molecule has 1 aromatic carbocycles. The number of nitrogens with two attached hydrogens (primary N) is 1. The zero-order valence-corrected chi connectivity index (χ0v) is 10.9. The van der Waals surface area contributed by atoms with Gasteiger partial charge in [0, 0.05) is 19.5 Å². The molecule has 0 aromatic heterocycles. The van der Waals surface area contributed by atoms with E-state index in [0.29, 0.717) is 19.5 Å². The lowest BCUT2D eigenvalue weighted by molar-refractivity contribution is -0.118. The van der Waals surface area contributed by atoms with Gasteiger partial charge in [0.15, 0.2) is 0 Å². The van der Waals surface area contributed by atoms with Gasteiger partial charge < -0.3 is 21.5 Å². The lowest BCUT2D eigenvalue weighted by Crippen LogP contribution is -2.35. The van der Waals surface area contributed by atoms with Crippen molar-refractivity contribution in [2.45, 2.75) is 19.4 Å². The first-order valence-electron chi connectivity index (χ1n) is 6.11. The Morgan fingerprint density at radius 1 is 1.10 bits per heavy atom. The van der Waals surface area contributed by atoms with Crippen LogP contribution in [-0.4, -0.2) is 29.6 Å². The highest BCUT2D eigenvalue weighted by atomic mass is 16.4. The third kappa shape index (κ3) is 5.85. The summed E-state index contributed by atoms with van der Waals surface area (Å²) in [4.78, 5) is 32.5. The lowest BCUT2D eigenvalue weighted by Gasteiger charge is -2.07. The second-order valence-electron chi connectivity index (χ2n) is 4.18. The number of hydrogen-bond acceptors (Lipinski definition) is 3. The average molecular weight is 279 g/mol. The van der Waals surface area contributed by atoms with E-state index in [0.717, 1.165) is 5.56 Å². The standard InChI is InChI=1S/C13H17N3O4/c14-11(17)2-1-7-15-13(20)16-8-9-3-5-10(6-4-9)12(18)19/h3-6H,1-2,7-8H2,(H2,14,17)(H,18,19)(H2,15,16,20). The molecule has 0 spiro atoms. The maximum Gasteiger partial charge on any atom is 0.335 e. The van der Waals surface area contributed by atoms with Crippen molar-refractivity contribution in [3.05, 3.63) is 35.4 Å². The van der Waals surface area contributed by atoms with E-state index in [1.54, 1.807) is 12.1 Å². The van der Waals surface area contributed by atoms with E-state index in [2.05, 4.69) is 10.6 Å². The maximum absolute atomic E-state index is 11.4. The second kappa shape index (κ2) is 7.78. The van der Waals surface area contributed by atoms with Crippen molar-refractivity contribution in [2.24, 2.45) is 5.73 Å². The number of hydrogen-bond donors (Lipinski definition) is 4. The van der Waals surface area contributed by atoms with Crippen molar-refractivity contribution < 1.29 is 19.5 Å². The highest BCUT2D eigenvalue weighted by Crippen LogP contribution is 2.04. The topological polar surface area (TPSA) is 122 Å². The van der Waals surface area contributed by atoms with Gasteiger partial charge in [0.2, 0.25) is 5.91 Å². The molecule has 0 aliphatic carbocycles. The molecule has 5 N–H and O–H groups in total. The molecular weight excluding hydrogens is 262 g/mol. The fraction of sp³-hybridized carbons (Fsp3) is 0.308. The second-order valence-corrected chi connectivity index (χ2v) is 4.18. The Balaban J connectivity index is 2.26. The van der Waals surface area contributed by atoms with Gasteiger partial charge in [-0.2, -0.15) is 0 Å². The quantitative estimate of drug-likeness (QED) is 0.541. The Morgan fingerprint density at radius 2 is 1.75 bits per heavy atom. The molecule has 0 saturated heterocycles. The van der Waals surface area contributed by atoms with E-state index in [1.165, 1.54) is 12.1 Å². The van der Waals surface area contributed by atoms with Crippen LogP contribution in [0, 0.1) is 0 Å². The first-order valence-corrected chi connectivity index (χ1v) is 6.11. The summed E-state index contributed by atoms with van der Waals surface area (Å²) in [5.74, 6) is -1.39. The average Bonchev–Trinajstić information content (AvgIpc) is 2.41. The van der Waals surface area contributed by atoms with E-state index in [9.17, 15) is 14.4 Å². The van der Waals surface area contributed by atoms with Crippen molar-refractivity contribution in [3.63, 3.8) is 0 Å². The molecule has 0 aliphatic heterocycles. The van der Waals surface area contributed by atoms with E-state index in [4.69, 9.17) is 10.8 Å². The Labute approximate surface area is 116 Å². The maximum atomic E-state index is 11.4. The highest BCUT2D eigenvalue weighted by Gasteiger charge is 2.03. The van der Waals surface area contributed by atoms with Crippen LogP contribution in [0.4, 0.5) is 4.79 Å². The summed E-state index contributed by atoms with van der Waals surface area (Å²) in [6.07, 6.45) is 0.729. The molecule has 0 fully saturated rings. The first kappa shape index (κ1) is 15.5. The minimum absolute atomic E-state index is 0.199. The summed E-state index contributed by atoms with van der Waals surface area (Å²) < 4.78 is 0. The van der Waals surface area contributed by atoms with Crippen molar-refractivity contribution >= 4 is 17.9 Å². The fourth-order valence-electron chi connectivity index (χ4n) is 1.47. The molecule has 0 bridgehead atoms. The van der Waals surface area contributed by atoms with Crippen molar-refractivity contribution in [2.75, 3.05) is 6.54 Å². The molecule has 7 nitrogen and oxygen atoms in total. The Bertz CT molecular complexity index is 485. The number of carbonyl (C=O) groups excluding carboxylic acids is 2. The van der Waals surface area contributed by atoms with Crippen molar-refractivity contribution in [1.29, 1.82) is 0 Å². The number of rotatable bonds is 7. The third-order valence-corrected chi connectivity index (χ3v) is 2.54. The van der Waals surface area contributed by atoms with Crippen LogP contribution in [0.25, 0.3) is 0 Å². The minimum atomic E-state index is -0.989. The van der Waals surface area contributed by atoms with Crippen LogP contribution in [0.15, 0.2) is 24.3 Å². The number of nitrogens with one attached hydrogen (secondary N) is 2. The van der Waals surface area contributed by atoms with Gasteiger partial charge in [-0.05, 0) is 24.1 Å². The highest BCUT2D eigenvalue weighted by molar-refractivity contribution is 5.87. The van der Waals surface area contributed by atoms with Crippen LogP contribution in [0.3, 0.4) is 0 Å². The molecule has 1 rings (SSSR count). The molecule has 20 heavy (non-hydrogen) atoms. The summed E-state index contributed by atoms with van der Waals surface area (Å²) in [5.41, 5.74) is 5.96. The van der Waals surface area contributed by atoms with Crippen LogP contribution in [-0.2, 0) is 11.3 Å². The van der Waals surface area contributed by atoms with Gasteiger partial charge in [-0.3, -0.25) is 4.79 Å². The summed E-state index contributed by atoms with van der Waals surface area (Å²) >= 11 is 0. The predicted molar refractivity (Wildman–Crippen MR) is 72.1 cm³/mol. The van der Waals surface area contributed by atoms with Crippen LogP contribution in [0.2, 0.25) is 0 Å². The summed E-state index contributed by atoms with van der Waals surface area (Å²) in [7, 11) is 0. The molecule has 1 aromatic rings. The summed E-state index contributed by atoms with van der Waals surface area (Å²) in [6.45, 7) is 0.661. The Hall–Kier alpha value is -2.57. The first-order chi connectivity index (χ1) is 9.49. The number of carbonyl (C=O) groups is 3. The van der Waals surface area contributed by atoms with Gasteiger partial charge in [-0.25, -0.2) is 9.59 Å². The zero-order valence-electron chi connectivity index (χ0n) is 10.9. The fourth-order valence-corrected chi connectivity index (χ4v) is 1.47. The third-order valence-electron chi connectivity index (χ3n) is 2.54. The molecule has 0 saturated carbocycles. The van der Waals surface area contributed by atoms with Gasteiger partial charge >= 0.3 is 12.0 Å². The number of aromatic carboxylic acids is 1. The Morgan fingerprint density at radius 3 is 2.30 bits per heavy atom. The molecular formula is C13H17N3O4. The number of amides is 3. The van der Waals surface area contributed by atoms with Gasteiger partial charge in [-0.15, -0.1) is 0 Å². The van der Waals surface area contributed by atoms with Crippen LogP contribution >= 0.6 is 0 Å². The van der Waals surface area contributed by atoms with Gasteiger partial charge in [0.05, 0.1) is 5.56 Å². The molecule has 0 radical (unpaired) electrons. The molecule has 0 aliphatic rings. The molecule has 0 unspecified atom stereocenters. The lowest BCUT2D eigenvalue weighted by atomic mass is 10.1. The number of urea groups is 1. The van der Waals surface area contributed by atoms with Crippen molar-refractivity contribution in [3.8, 4) is 0 Å². The van der Waals surface area contributed by atoms with Crippen LogP contribution in [0.1, 0.15) is 28.8 Å². The van der Waals surface area contributed by atoms with Crippen molar-refractivity contribution in [1.82, 2.24) is 10.6 Å². The molecule has 3 amide bonds. The smallest absolute Gasteiger partial charge is 0.335 e. The number of carboxylic acid groups (broad SMARTS) is 1. The molecule has 0 atom stereocenters. The zero-order chi connectivity index (χ0) is 15.0. The summed E-state index contributed by atoms with van der Waals surface area (Å²) in [5, 5.41) is 13.9. The number of carboxylic acids is 1.